The summed E-state index contributed by atoms with van der Waals surface area (Å²) < 4.78 is 33.6. The minimum atomic E-state index is -3.88. The number of Topliss-reactive ketones (excluding diaryl/α,β-unsaturated/α-hetero) is 1. The summed E-state index contributed by atoms with van der Waals surface area (Å²) in [7, 11) is -3.88. The normalized spacial score (nSPS) is 15.6. The van der Waals surface area contributed by atoms with Crippen LogP contribution in [0.5, 0.6) is 5.75 Å². The predicted molar refractivity (Wildman–Crippen MR) is 106 cm³/mol. The largest absolute Gasteiger partial charge is 0.490 e. The van der Waals surface area contributed by atoms with Crippen molar-refractivity contribution in [2.75, 3.05) is 0 Å². The van der Waals surface area contributed by atoms with E-state index in [9.17, 15) is 13.2 Å². The van der Waals surface area contributed by atoms with Gasteiger partial charge in [0.15, 0.2) is 11.4 Å². The Bertz CT molecular complexity index is 1110. The summed E-state index contributed by atoms with van der Waals surface area (Å²) in [5.41, 5.74) is 0.510. The number of rotatable bonds is 5. The molecule has 0 saturated heterocycles. The van der Waals surface area contributed by atoms with E-state index in [-0.39, 0.29) is 22.4 Å². The molecule has 1 aliphatic rings. The number of pyridine rings is 1. The van der Waals surface area contributed by atoms with Crippen LogP contribution in [-0.4, -0.2) is 29.3 Å². The van der Waals surface area contributed by atoms with Crippen molar-refractivity contribution >= 4 is 26.8 Å². The first-order chi connectivity index (χ1) is 13.5. The third-order valence-corrected chi connectivity index (χ3v) is 6.81. The van der Waals surface area contributed by atoms with Gasteiger partial charge in [-0.1, -0.05) is 24.6 Å². The molecule has 4 rings (SSSR count). The van der Waals surface area contributed by atoms with E-state index < -0.39 is 10.0 Å². The molecule has 1 aliphatic carbocycles. The van der Waals surface area contributed by atoms with Gasteiger partial charge < -0.3 is 4.74 Å². The molecule has 0 aliphatic heterocycles. The Morgan fingerprint density at radius 2 is 1.82 bits per heavy atom. The molecule has 0 bridgehead atoms. The topological polar surface area (TPSA) is 78.3 Å². The molecule has 1 fully saturated rings. The summed E-state index contributed by atoms with van der Waals surface area (Å²) in [5, 5.41) is 0.458. The van der Waals surface area contributed by atoms with Crippen LogP contribution in [0.15, 0.2) is 53.7 Å². The Kier molecular flexibility index (Phi) is 4.93. The van der Waals surface area contributed by atoms with Crippen molar-refractivity contribution in [3.8, 4) is 5.75 Å². The summed E-state index contributed by atoms with van der Waals surface area (Å²) in [5.74, 6) is 0.289. The molecule has 0 unspecified atom stereocenters. The quantitative estimate of drug-likeness (QED) is 0.602. The van der Waals surface area contributed by atoms with Gasteiger partial charge in [0.05, 0.1) is 16.4 Å². The Morgan fingerprint density at radius 3 is 2.50 bits per heavy atom. The van der Waals surface area contributed by atoms with Crippen LogP contribution in [0.25, 0.3) is 11.0 Å². The van der Waals surface area contributed by atoms with Crippen LogP contribution in [0.3, 0.4) is 0 Å². The maximum absolute atomic E-state index is 13.2. The highest BCUT2D eigenvalue weighted by molar-refractivity contribution is 7.90. The van der Waals surface area contributed by atoms with Gasteiger partial charge in [0, 0.05) is 18.0 Å². The lowest BCUT2D eigenvalue weighted by Crippen LogP contribution is -2.20. The van der Waals surface area contributed by atoms with Crippen molar-refractivity contribution in [1.29, 1.82) is 0 Å². The monoisotopic (exact) mass is 398 g/mol. The summed E-state index contributed by atoms with van der Waals surface area (Å²) in [6.07, 6.45) is 8.31. The number of nitrogens with zero attached hydrogens (tertiary/aromatic N) is 2. The zero-order valence-corrected chi connectivity index (χ0v) is 16.5. The number of hydrogen-bond acceptors (Lipinski definition) is 5. The van der Waals surface area contributed by atoms with Crippen LogP contribution in [-0.2, 0) is 10.0 Å². The van der Waals surface area contributed by atoms with E-state index in [2.05, 4.69) is 4.98 Å². The first-order valence-corrected chi connectivity index (χ1v) is 10.9. The maximum Gasteiger partial charge on any atom is 0.269 e. The van der Waals surface area contributed by atoms with Gasteiger partial charge in [-0.3, -0.25) is 4.79 Å². The third-order valence-electron chi connectivity index (χ3n) is 5.14. The smallest absolute Gasteiger partial charge is 0.269 e. The van der Waals surface area contributed by atoms with Gasteiger partial charge in [-0.25, -0.2) is 17.4 Å². The Labute approximate surface area is 164 Å². The molecule has 0 N–H and O–H groups in total. The molecule has 6 nitrogen and oxygen atoms in total. The highest BCUT2D eigenvalue weighted by atomic mass is 32.2. The molecule has 0 amide bonds. The van der Waals surface area contributed by atoms with Crippen LogP contribution in [0, 0.1) is 0 Å². The predicted octanol–water partition coefficient (Wildman–Crippen LogP) is 4.19. The molecule has 1 aromatic carbocycles. The molecule has 0 atom stereocenters. The fraction of sp³-hybridized carbons (Fsp3) is 0.333. The fourth-order valence-electron chi connectivity index (χ4n) is 3.71. The van der Waals surface area contributed by atoms with Gasteiger partial charge in [-0.2, -0.15) is 0 Å². The van der Waals surface area contributed by atoms with Crippen molar-refractivity contribution in [1.82, 2.24) is 8.96 Å². The molecule has 0 spiro atoms. The van der Waals surface area contributed by atoms with Crippen molar-refractivity contribution in [3.63, 3.8) is 0 Å². The maximum atomic E-state index is 13.2. The first kappa shape index (κ1) is 18.7. The number of carbonyl (C=O) groups is 1. The molecule has 146 valence electrons. The van der Waals surface area contributed by atoms with E-state index in [0.29, 0.717) is 16.7 Å². The average Bonchev–Trinajstić information content (AvgIpc) is 3.11. The Balaban J connectivity index is 1.88. The SMILES string of the molecule is CC(=O)c1cn(S(=O)(=O)c2ccccc2)c2nccc(OC3CCCCC3)c12. The highest BCUT2D eigenvalue weighted by Crippen LogP contribution is 2.34. The van der Waals surface area contributed by atoms with Crippen molar-refractivity contribution < 1.29 is 17.9 Å². The lowest BCUT2D eigenvalue weighted by Gasteiger charge is -2.23. The van der Waals surface area contributed by atoms with Gasteiger partial charge in [0.2, 0.25) is 0 Å². The lowest BCUT2D eigenvalue weighted by atomic mass is 9.98. The Morgan fingerprint density at radius 1 is 1.11 bits per heavy atom. The summed E-state index contributed by atoms with van der Waals surface area (Å²) >= 11 is 0. The van der Waals surface area contributed by atoms with Crippen molar-refractivity contribution in [3.05, 3.63) is 54.4 Å². The first-order valence-electron chi connectivity index (χ1n) is 9.47. The van der Waals surface area contributed by atoms with E-state index >= 15 is 0 Å². The van der Waals surface area contributed by atoms with Crippen LogP contribution in [0.4, 0.5) is 0 Å². The van der Waals surface area contributed by atoms with E-state index in [4.69, 9.17) is 4.74 Å². The third kappa shape index (κ3) is 3.30. The zero-order chi connectivity index (χ0) is 19.7. The average molecular weight is 398 g/mol. The highest BCUT2D eigenvalue weighted by Gasteiger charge is 2.26. The summed E-state index contributed by atoms with van der Waals surface area (Å²) in [6, 6.07) is 9.84. The molecule has 2 heterocycles. The standard InChI is InChI=1S/C21H22N2O4S/c1-15(24)18-14-23(28(25,26)17-10-6-3-7-11-17)21-20(18)19(12-13-22-21)27-16-8-4-2-5-9-16/h3,6-7,10-14,16H,2,4-5,8-9H2,1H3. The Hall–Kier alpha value is -2.67. The van der Waals surface area contributed by atoms with E-state index in [1.807, 2.05) is 0 Å². The number of hydrogen-bond donors (Lipinski definition) is 0. The number of ketones is 1. The van der Waals surface area contributed by atoms with Gasteiger partial charge in [0.25, 0.3) is 10.0 Å². The number of aromatic nitrogens is 2. The van der Waals surface area contributed by atoms with E-state index in [1.165, 1.54) is 37.9 Å². The number of carbonyl (C=O) groups excluding carboxylic acids is 1. The number of fused-ring (bicyclic) bond motifs is 1. The second-order valence-electron chi connectivity index (χ2n) is 7.10. The van der Waals surface area contributed by atoms with E-state index in [0.717, 1.165) is 29.7 Å². The molecule has 0 radical (unpaired) electrons. The fourth-order valence-corrected chi connectivity index (χ4v) is 5.05. The second-order valence-corrected chi connectivity index (χ2v) is 8.91. The second kappa shape index (κ2) is 7.39. The van der Waals surface area contributed by atoms with Crippen LogP contribution < -0.4 is 4.74 Å². The van der Waals surface area contributed by atoms with Gasteiger partial charge in [-0.05, 0) is 50.8 Å². The molecule has 3 aromatic rings. The molecular weight excluding hydrogens is 376 g/mol. The molecule has 7 heteroatoms. The van der Waals surface area contributed by atoms with E-state index in [1.54, 1.807) is 24.3 Å². The molecule has 1 saturated carbocycles. The van der Waals surface area contributed by atoms with Crippen LogP contribution >= 0.6 is 0 Å². The number of ether oxygens (including phenoxy) is 1. The van der Waals surface area contributed by atoms with Crippen molar-refractivity contribution in [2.24, 2.45) is 0 Å². The molecule has 2 aromatic heterocycles. The van der Waals surface area contributed by atoms with Crippen LogP contribution in [0.1, 0.15) is 49.4 Å². The number of benzene rings is 1. The van der Waals surface area contributed by atoms with Gasteiger partial charge in [-0.15, -0.1) is 0 Å². The zero-order valence-electron chi connectivity index (χ0n) is 15.7. The van der Waals surface area contributed by atoms with Gasteiger partial charge in [0.1, 0.15) is 5.75 Å². The summed E-state index contributed by atoms with van der Waals surface area (Å²) in [6.45, 7) is 1.42. The lowest BCUT2D eigenvalue weighted by molar-refractivity contribution is 0.101. The minimum Gasteiger partial charge on any atom is -0.490 e. The molecular formula is C21H22N2O4S. The summed E-state index contributed by atoms with van der Waals surface area (Å²) in [4.78, 5) is 16.7. The van der Waals surface area contributed by atoms with Crippen LogP contribution in [0.2, 0.25) is 0 Å². The van der Waals surface area contributed by atoms with Crippen molar-refractivity contribution in [2.45, 2.75) is 50.0 Å². The minimum absolute atomic E-state index is 0.0771. The van der Waals surface area contributed by atoms with Gasteiger partial charge >= 0.3 is 0 Å². The molecule has 28 heavy (non-hydrogen) atoms.